The zero-order chi connectivity index (χ0) is 14.0. The molecule has 0 aliphatic heterocycles. The monoisotopic (exact) mass is 264 g/mol. The number of rotatable bonds is 14. The van der Waals surface area contributed by atoms with Crippen molar-refractivity contribution in [1.82, 2.24) is 0 Å². The van der Waals surface area contributed by atoms with Gasteiger partial charge in [-0.25, -0.2) is 0 Å². The molecule has 0 amide bonds. The van der Waals surface area contributed by atoms with Gasteiger partial charge in [-0.3, -0.25) is 0 Å². The van der Waals surface area contributed by atoms with Crippen LogP contribution in [0.4, 0.5) is 0 Å². The van der Waals surface area contributed by atoms with Crippen molar-refractivity contribution in [2.75, 3.05) is 0 Å². The maximum absolute atomic E-state index is 2.38. The Labute approximate surface area is 122 Å². The van der Waals surface area contributed by atoms with E-state index >= 15 is 0 Å². The van der Waals surface area contributed by atoms with Gasteiger partial charge in [0.25, 0.3) is 0 Å². The SMILES string of the molecule is CCCC/C=C/CCCCCCC/C=C/CCCC. The highest BCUT2D eigenvalue weighted by Gasteiger charge is 1.89. The van der Waals surface area contributed by atoms with Gasteiger partial charge < -0.3 is 0 Å². The average molecular weight is 264 g/mol. The summed E-state index contributed by atoms with van der Waals surface area (Å²) in [6, 6.07) is 0. The van der Waals surface area contributed by atoms with Crippen LogP contribution in [0.1, 0.15) is 97.3 Å². The van der Waals surface area contributed by atoms with E-state index in [0.29, 0.717) is 0 Å². The van der Waals surface area contributed by atoms with Gasteiger partial charge in [-0.2, -0.15) is 0 Å². The van der Waals surface area contributed by atoms with E-state index in [2.05, 4.69) is 38.2 Å². The first-order chi connectivity index (χ1) is 9.41. The zero-order valence-electron chi connectivity index (χ0n) is 13.5. The van der Waals surface area contributed by atoms with Crippen molar-refractivity contribution >= 4 is 0 Å². The molecule has 112 valence electrons. The van der Waals surface area contributed by atoms with Gasteiger partial charge in [0.1, 0.15) is 0 Å². The maximum Gasteiger partial charge on any atom is -0.0351 e. The van der Waals surface area contributed by atoms with Crippen LogP contribution < -0.4 is 0 Å². The summed E-state index contributed by atoms with van der Waals surface area (Å²) in [6.07, 6.45) is 27.0. The molecule has 0 aliphatic carbocycles. The predicted molar refractivity (Wildman–Crippen MR) is 89.6 cm³/mol. The van der Waals surface area contributed by atoms with E-state index in [-0.39, 0.29) is 0 Å². The van der Waals surface area contributed by atoms with Gasteiger partial charge in [-0.1, -0.05) is 83.1 Å². The van der Waals surface area contributed by atoms with E-state index in [9.17, 15) is 0 Å². The van der Waals surface area contributed by atoms with Crippen molar-refractivity contribution in [1.29, 1.82) is 0 Å². The molecule has 0 aromatic rings. The lowest BCUT2D eigenvalue weighted by molar-refractivity contribution is 0.621. The third-order valence-electron chi connectivity index (χ3n) is 3.52. The fourth-order valence-electron chi connectivity index (χ4n) is 2.17. The molecule has 0 saturated carbocycles. The lowest BCUT2D eigenvalue weighted by atomic mass is 10.1. The van der Waals surface area contributed by atoms with Crippen molar-refractivity contribution in [2.24, 2.45) is 0 Å². The van der Waals surface area contributed by atoms with Gasteiger partial charge in [0.05, 0.1) is 0 Å². The van der Waals surface area contributed by atoms with Gasteiger partial charge in [0, 0.05) is 0 Å². The van der Waals surface area contributed by atoms with Crippen molar-refractivity contribution in [3.8, 4) is 0 Å². The Balaban J connectivity index is 3.06. The lowest BCUT2D eigenvalue weighted by Crippen LogP contribution is -1.78. The normalized spacial score (nSPS) is 11.9. The van der Waals surface area contributed by atoms with Gasteiger partial charge in [-0.05, 0) is 38.5 Å². The Hall–Kier alpha value is -0.520. The molecule has 0 nitrogen and oxygen atoms in total. The molecule has 0 aromatic carbocycles. The van der Waals surface area contributed by atoms with Gasteiger partial charge in [0.2, 0.25) is 0 Å². The molecule has 0 bridgehead atoms. The topological polar surface area (TPSA) is 0 Å². The van der Waals surface area contributed by atoms with Crippen LogP contribution in [0.15, 0.2) is 24.3 Å². The quantitative estimate of drug-likeness (QED) is 0.230. The zero-order valence-corrected chi connectivity index (χ0v) is 13.5. The summed E-state index contributed by atoms with van der Waals surface area (Å²) in [6.45, 7) is 4.51. The lowest BCUT2D eigenvalue weighted by Gasteiger charge is -1.98. The van der Waals surface area contributed by atoms with Gasteiger partial charge >= 0.3 is 0 Å². The van der Waals surface area contributed by atoms with Crippen LogP contribution in [0.2, 0.25) is 0 Å². The fourth-order valence-corrected chi connectivity index (χ4v) is 2.17. The van der Waals surface area contributed by atoms with E-state index in [0.717, 1.165) is 0 Å². The highest BCUT2D eigenvalue weighted by Crippen LogP contribution is 2.09. The molecular weight excluding hydrogens is 228 g/mol. The van der Waals surface area contributed by atoms with E-state index in [4.69, 9.17) is 0 Å². The molecule has 0 unspecified atom stereocenters. The predicted octanol–water partition coefficient (Wildman–Crippen LogP) is 7.21. The molecule has 0 saturated heterocycles. The summed E-state index contributed by atoms with van der Waals surface area (Å²) < 4.78 is 0. The second-order valence-electron chi connectivity index (χ2n) is 5.57. The molecule has 0 aliphatic rings. The largest absolute Gasteiger partial charge is 0.0885 e. The smallest absolute Gasteiger partial charge is 0.0351 e. The first-order valence-electron chi connectivity index (χ1n) is 8.71. The van der Waals surface area contributed by atoms with E-state index < -0.39 is 0 Å². The maximum atomic E-state index is 2.38. The highest BCUT2D eigenvalue weighted by atomic mass is 14.0. The van der Waals surface area contributed by atoms with Crippen LogP contribution in [0.5, 0.6) is 0 Å². The first kappa shape index (κ1) is 18.5. The second kappa shape index (κ2) is 17.5. The molecule has 0 spiro atoms. The van der Waals surface area contributed by atoms with Gasteiger partial charge in [-0.15, -0.1) is 0 Å². The van der Waals surface area contributed by atoms with E-state index in [1.54, 1.807) is 0 Å². The van der Waals surface area contributed by atoms with Crippen LogP contribution in [0.25, 0.3) is 0 Å². The molecule has 0 rings (SSSR count). The Morgan fingerprint density at radius 2 is 0.737 bits per heavy atom. The minimum absolute atomic E-state index is 1.28. The third-order valence-corrected chi connectivity index (χ3v) is 3.52. The highest BCUT2D eigenvalue weighted by molar-refractivity contribution is 4.82. The Kier molecular flexibility index (Phi) is 17.0. The first-order valence-corrected chi connectivity index (χ1v) is 8.71. The molecule has 0 N–H and O–H groups in total. The van der Waals surface area contributed by atoms with Crippen molar-refractivity contribution in [2.45, 2.75) is 97.3 Å². The summed E-state index contributed by atoms with van der Waals surface area (Å²) in [5, 5.41) is 0. The van der Waals surface area contributed by atoms with Crippen molar-refractivity contribution in [3.05, 3.63) is 24.3 Å². The van der Waals surface area contributed by atoms with Crippen LogP contribution in [0, 0.1) is 0 Å². The van der Waals surface area contributed by atoms with Crippen LogP contribution in [-0.4, -0.2) is 0 Å². The summed E-state index contributed by atoms with van der Waals surface area (Å²) >= 11 is 0. The molecule has 19 heavy (non-hydrogen) atoms. The average Bonchev–Trinajstić information content (AvgIpc) is 2.43. The van der Waals surface area contributed by atoms with E-state index in [1.807, 2.05) is 0 Å². The Morgan fingerprint density at radius 3 is 1.11 bits per heavy atom. The number of hydrogen-bond donors (Lipinski definition) is 0. The van der Waals surface area contributed by atoms with Crippen molar-refractivity contribution < 1.29 is 0 Å². The van der Waals surface area contributed by atoms with E-state index in [1.165, 1.54) is 83.5 Å². The molecule has 0 aromatic heterocycles. The molecule has 0 radical (unpaired) electrons. The van der Waals surface area contributed by atoms with Crippen LogP contribution in [0.3, 0.4) is 0 Å². The molecule has 0 heteroatoms. The van der Waals surface area contributed by atoms with Crippen LogP contribution >= 0.6 is 0 Å². The molecule has 0 heterocycles. The summed E-state index contributed by atoms with van der Waals surface area (Å²) in [5.41, 5.74) is 0. The number of allylic oxidation sites excluding steroid dienone is 4. The summed E-state index contributed by atoms with van der Waals surface area (Å²) in [4.78, 5) is 0. The molecular formula is C19H36. The summed E-state index contributed by atoms with van der Waals surface area (Å²) in [5.74, 6) is 0. The van der Waals surface area contributed by atoms with Gasteiger partial charge in [0.15, 0.2) is 0 Å². The third kappa shape index (κ3) is 17.5. The molecule has 0 atom stereocenters. The van der Waals surface area contributed by atoms with Crippen molar-refractivity contribution in [3.63, 3.8) is 0 Å². The Morgan fingerprint density at radius 1 is 0.421 bits per heavy atom. The van der Waals surface area contributed by atoms with Crippen LogP contribution in [-0.2, 0) is 0 Å². The Bertz CT molecular complexity index is 178. The molecule has 0 fully saturated rings. The minimum Gasteiger partial charge on any atom is -0.0885 e. The minimum atomic E-state index is 1.28. The summed E-state index contributed by atoms with van der Waals surface area (Å²) in [7, 11) is 0. The number of hydrogen-bond acceptors (Lipinski definition) is 0. The standard InChI is InChI=1S/C19H36/c1-3-5-7-9-11-13-15-17-19-18-16-14-12-10-8-6-4-2/h9-12H,3-8,13-19H2,1-2H3/b11-9+,12-10+. The second-order valence-corrected chi connectivity index (χ2v) is 5.57. The number of unbranched alkanes of at least 4 members (excludes halogenated alkanes) is 10. The fraction of sp³-hybridized carbons (Fsp3) is 0.789.